The molecule has 0 radical (unpaired) electrons. The quantitative estimate of drug-likeness (QED) is 0.804. The monoisotopic (exact) mass is 261 g/mol. The molecule has 0 fully saturated rings. The number of nitrogens with one attached hydrogen (secondary N) is 1. The van der Waals surface area contributed by atoms with E-state index in [1.807, 2.05) is 19.9 Å². The molecule has 2 atom stereocenters. The first-order chi connectivity index (χ1) is 9.06. The van der Waals surface area contributed by atoms with E-state index >= 15 is 0 Å². The summed E-state index contributed by atoms with van der Waals surface area (Å²) in [6.07, 6.45) is 0.606. The summed E-state index contributed by atoms with van der Waals surface area (Å²) in [5.74, 6) is 0.498. The van der Waals surface area contributed by atoms with E-state index in [0.29, 0.717) is 24.3 Å². The van der Waals surface area contributed by atoms with Gasteiger partial charge in [0, 0.05) is 0 Å². The summed E-state index contributed by atoms with van der Waals surface area (Å²) in [4.78, 5) is 11.6. The van der Waals surface area contributed by atoms with Gasteiger partial charge in [0.25, 0.3) is 0 Å². The zero-order valence-corrected chi connectivity index (χ0v) is 11.2. The number of nitriles is 1. The summed E-state index contributed by atoms with van der Waals surface area (Å²) in [6.45, 7) is 4.07. The van der Waals surface area contributed by atoms with E-state index in [2.05, 4.69) is 5.32 Å². The minimum atomic E-state index is -0.475. The third kappa shape index (κ3) is 4.98. The second kappa shape index (κ2) is 7.39. The van der Waals surface area contributed by atoms with E-state index in [0.717, 1.165) is 0 Å². The van der Waals surface area contributed by atoms with E-state index < -0.39 is 6.04 Å². The van der Waals surface area contributed by atoms with Crippen molar-refractivity contribution in [2.75, 3.05) is 6.61 Å². The molecule has 5 heteroatoms. The fourth-order valence-electron chi connectivity index (χ4n) is 1.42. The van der Waals surface area contributed by atoms with Gasteiger partial charge in [0.2, 0.25) is 5.91 Å². The smallest absolute Gasteiger partial charge is 0.237 e. The van der Waals surface area contributed by atoms with Crippen LogP contribution in [0, 0.1) is 11.3 Å². The van der Waals surface area contributed by atoms with E-state index in [9.17, 15) is 4.79 Å². The van der Waals surface area contributed by atoms with E-state index in [1.165, 1.54) is 0 Å². The fraction of sp³-hybridized carbons (Fsp3) is 0.429. The molecular formula is C14H19N3O2. The third-order valence-electron chi connectivity index (χ3n) is 2.65. The van der Waals surface area contributed by atoms with Crippen LogP contribution in [0.4, 0.5) is 0 Å². The van der Waals surface area contributed by atoms with Crippen LogP contribution in [0.25, 0.3) is 0 Å². The van der Waals surface area contributed by atoms with Crippen molar-refractivity contribution in [1.82, 2.24) is 5.32 Å². The maximum Gasteiger partial charge on any atom is 0.237 e. The van der Waals surface area contributed by atoms with Crippen molar-refractivity contribution >= 4 is 5.91 Å². The minimum Gasteiger partial charge on any atom is -0.491 e. The molecular weight excluding hydrogens is 242 g/mol. The second-order valence-electron chi connectivity index (χ2n) is 4.37. The Bertz CT molecular complexity index is 451. The van der Waals surface area contributed by atoms with Crippen LogP contribution in [0.5, 0.6) is 5.75 Å². The number of ether oxygens (including phenoxy) is 1. The van der Waals surface area contributed by atoms with Gasteiger partial charge in [-0.3, -0.25) is 4.79 Å². The van der Waals surface area contributed by atoms with Crippen LogP contribution in [0.15, 0.2) is 24.3 Å². The van der Waals surface area contributed by atoms with Gasteiger partial charge in [0.05, 0.1) is 23.7 Å². The number of nitrogens with zero attached hydrogens (tertiary/aromatic N) is 1. The first-order valence-corrected chi connectivity index (χ1v) is 6.25. The molecule has 0 heterocycles. The number of nitrogens with two attached hydrogens (primary N) is 1. The van der Waals surface area contributed by atoms with Gasteiger partial charge in [-0.15, -0.1) is 0 Å². The van der Waals surface area contributed by atoms with E-state index in [4.69, 9.17) is 15.7 Å². The van der Waals surface area contributed by atoms with Gasteiger partial charge in [-0.1, -0.05) is 6.92 Å². The minimum absolute atomic E-state index is 0.124. The zero-order valence-electron chi connectivity index (χ0n) is 11.2. The predicted octanol–water partition coefficient (Wildman–Crippen LogP) is 1.18. The van der Waals surface area contributed by atoms with Gasteiger partial charge < -0.3 is 15.8 Å². The first-order valence-electron chi connectivity index (χ1n) is 6.25. The zero-order chi connectivity index (χ0) is 14.3. The van der Waals surface area contributed by atoms with Crippen molar-refractivity contribution in [2.45, 2.75) is 32.4 Å². The molecule has 0 bridgehead atoms. The van der Waals surface area contributed by atoms with Crippen LogP contribution in [0.1, 0.15) is 25.8 Å². The summed E-state index contributed by atoms with van der Waals surface area (Å²) in [5.41, 5.74) is 6.21. The second-order valence-corrected chi connectivity index (χ2v) is 4.37. The lowest BCUT2D eigenvalue weighted by Gasteiger charge is -2.17. The molecule has 1 amide bonds. The number of hydrogen-bond donors (Lipinski definition) is 2. The number of benzene rings is 1. The van der Waals surface area contributed by atoms with Crippen molar-refractivity contribution < 1.29 is 9.53 Å². The summed E-state index contributed by atoms with van der Waals surface area (Å²) < 4.78 is 5.52. The van der Waals surface area contributed by atoms with E-state index in [-0.39, 0.29) is 11.9 Å². The highest BCUT2D eigenvalue weighted by molar-refractivity contribution is 5.81. The molecule has 0 spiro atoms. The summed E-state index contributed by atoms with van der Waals surface area (Å²) in [6, 6.07) is 8.26. The molecule has 0 aliphatic heterocycles. The lowest BCUT2D eigenvalue weighted by Crippen LogP contribution is -2.45. The Hall–Kier alpha value is -2.06. The van der Waals surface area contributed by atoms with Gasteiger partial charge in [-0.2, -0.15) is 5.26 Å². The molecule has 1 rings (SSSR count). The van der Waals surface area contributed by atoms with E-state index in [1.54, 1.807) is 24.3 Å². The van der Waals surface area contributed by atoms with Crippen LogP contribution in [0.3, 0.4) is 0 Å². The molecule has 1 aromatic carbocycles. The van der Waals surface area contributed by atoms with Crippen LogP contribution in [-0.2, 0) is 4.79 Å². The van der Waals surface area contributed by atoms with Crippen molar-refractivity contribution in [3.63, 3.8) is 0 Å². The number of hydrogen-bond acceptors (Lipinski definition) is 4. The molecule has 0 aliphatic rings. The maximum atomic E-state index is 11.6. The highest BCUT2D eigenvalue weighted by Crippen LogP contribution is 2.11. The molecule has 0 saturated carbocycles. The number of amides is 1. The largest absolute Gasteiger partial charge is 0.491 e. The Balaban J connectivity index is 2.39. The van der Waals surface area contributed by atoms with Gasteiger partial charge in [0.1, 0.15) is 12.4 Å². The topological polar surface area (TPSA) is 88.1 Å². The highest BCUT2D eigenvalue weighted by Gasteiger charge is 2.13. The first kappa shape index (κ1) is 15.0. The molecule has 102 valence electrons. The average Bonchev–Trinajstić information content (AvgIpc) is 2.44. The SMILES string of the molecule is CC[C@H](N)C(=O)NC(C)COc1ccc(C#N)cc1. The van der Waals surface area contributed by atoms with Gasteiger partial charge >= 0.3 is 0 Å². The summed E-state index contributed by atoms with van der Waals surface area (Å²) >= 11 is 0. The Kier molecular flexibility index (Phi) is 5.83. The van der Waals surface area contributed by atoms with Crippen LogP contribution < -0.4 is 15.8 Å². The van der Waals surface area contributed by atoms with Crippen molar-refractivity contribution in [3.05, 3.63) is 29.8 Å². The standard InChI is InChI=1S/C14H19N3O2/c1-3-13(16)14(18)17-10(2)9-19-12-6-4-11(8-15)5-7-12/h4-7,10,13H,3,9,16H2,1-2H3,(H,17,18)/t10?,13-/m0/s1. The Morgan fingerprint density at radius 1 is 1.47 bits per heavy atom. The Morgan fingerprint density at radius 3 is 2.63 bits per heavy atom. The molecule has 1 unspecified atom stereocenters. The molecule has 0 saturated heterocycles. The normalized spacial score (nSPS) is 13.2. The molecule has 0 aliphatic carbocycles. The lowest BCUT2D eigenvalue weighted by atomic mass is 10.2. The van der Waals surface area contributed by atoms with Crippen molar-refractivity contribution in [3.8, 4) is 11.8 Å². The molecule has 19 heavy (non-hydrogen) atoms. The number of carbonyl (C=O) groups excluding carboxylic acids is 1. The highest BCUT2D eigenvalue weighted by atomic mass is 16.5. The fourth-order valence-corrected chi connectivity index (χ4v) is 1.42. The van der Waals surface area contributed by atoms with Crippen LogP contribution >= 0.6 is 0 Å². The van der Waals surface area contributed by atoms with Gasteiger partial charge in [-0.05, 0) is 37.6 Å². The number of carbonyl (C=O) groups is 1. The van der Waals surface area contributed by atoms with Crippen LogP contribution in [-0.4, -0.2) is 24.6 Å². The number of rotatable bonds is 6. The Labute approximate surface area is 113 Å². The molecule has 1 aromatic rings. The third-order valence-corrected chi connectivity index (χ3v) is 2.65. The Morgan fingerprint density at radius 2 is 2.11 bits per heavy atom. The maximum absolute atomic E-state index is 11.6. The molecule has 0 aromatic heterocycles. The van der Waals surface area contributed by atoms with Crippen LogP contribution in [0.2, 0.25) is 0 Å². The lowest BCUT2D eigenvalue weighted by molar-refractivity contribution is -0.123. The van der Waals surface area contributed by atoms with Crippen molar-refractivity contribution in [1.29, 1.82) is 5.26 Å². The average molecular weight is 261 g/mol. The summed E-state index contributed by atoms with van der Waals surface area (Å²) in [7, 11) is 0. The predicted molar refractivity (Wildman–Crippen MR) is 72.5 cm³/mol. The molecule has 5 nitrogen and oxygen atoms in total. The van der Waals surface area contributed by atoms with Crippen molar-refractivity contribution in [2.24, 2.45) is 5.73 Å². The molecule has 3 N–H and O–H groups in total. The van der Waals surface area contributed by atoms with Gasteiger partial charge in [0.15, 0.2) is 0 Å². The van der Waals surface area contributed by atoms with Gasteiger partial charge in [-0.25, -0.2) is 0 Å². The summed E-state index contributed by atoms with van der Waals surface area (Å²) in [5, 5.41) is 11.5.